The molecule has 3 unspecified atom stereocenters. The molecule has 2 aromatic rings. The van der Waals surface area contributed by atoms with Crippen LogP contribution >= 0.6 is 15.9 Å². The first-order chi connectivity index (χ1) is 16.0. The third-order valence-corrected chi connectivity index (χ3v) is 7.08. The van der Waals surface area contributed by atoms with Crippen LogP contribution in [-0.4, -0.2) is 33.7 Å². The highest BCUT2D eigenvalue weighted by Crippen LogP contribution is 2.35. The monoisotopic (exact) mass is 520 g/mol. The molecule has 0 amide bonds. The van der Waals surface area contributed by atoms with Crippen molar-refractivity contribution in [2.45, 2.75) is 76.4 Å². The molecule has 1 aromatic carbocycles. The molecule has 2 aliphatic heterocycles. The van der Waals surface area contributed by atoms with Crippen LogP contribution in [0.3, 0.4) is 0 Å². The highest BCUT2D eigenvalue weighted by atomic mass is 79.9. The predicted octanol–water partition coefficient (Wildman–Crippen LogP) is 4.02. The zero-order valence-electron chi connectivity index (χ0n) is 19.3. The summed E-state index contributed by atoms with van der Waals surface area (Å²) < 4.78 is 14.5. The molecule has 0 bridgehead atoms. The largest absolute Gasteiger partial charge is 0.353 e. The molecule has 8 nitrogen and oxygen atoms in total. The maximum atomic E-state index is 13.6. The summed E-state index contributed by atoms with van der Waals surface area (Å²) in [4.78, 5) is 29.0. The number of alkyl halides is 1. The van der Waals surface area contributed by atoms with E-state index in [-0.39, 0.29) is 28.7 Å². The average molecular weight is 521 g/mol. The van der Waals surface area contributed by atoms with E-state index in [1.165, 1.54) is 4.57 Å². The first-order valence-electron chi connectivity index (χ1n) is 11.8. The van der Waals surface area contributed by atoms with Gasteiger partial charge in [-0.15, -0.1) is 0 Å². The molecule has 2 aliphatic rings. The Morgan fingerprint density at radius 1 is 1.24 bits per heavy atom. The summed E-state index contributed by atoms with van der Waals surface area (Å²) in [6.07, 6.45) is 4.24. The Morgan fingerprint density at radius 3 is 2.73 bits per heavy atom. The summed E-state index contributed by atoms with van der Waals surface area (Å²) in [6.45, 7) is 6.08. The van der Waals surface area contributed by atoms with Crippen LogP contribution in [0, 0.1) is 0 Å². The second-order valence-corrected chi connectivity index (χ2v) is 9.55. The fraction of sp³-hybridized carbons (Fsp3) is 0.583. The summed E-state index contributed by atoms with van der Waals surface area (Å²) >= 11 is 3.66. The van der Waals surface area contributed by atoms with Gasteiger partial charge in [0.2, 0.25) is 0 Å². The summed E-state index contributed by atoms with van der Waals surface area (Å²) in [7, 11) is 0. The highest BCUT2D eigenvalue weighted by molar-refractivity contribution is 9.09. The van der Waals surface area contributed by atoms with Crippen LogP contribution in [0.1, 0.15) is 57.6 Å². The van der Waals surface area contributed by atoms with E-state index in [4.69, 9.17) is 9.47 Å². The molecule has 0 radical (unpaired) electrons. The van der Waals surface area contributed by atoms with E-state index in [0.717, 1.165) is 37.9 Å². The molecule has 1 saturated heterocycles. The van der Waals surface area contributed by atoms with E-state index in [0.29, 0.717) is 37.6 Å². The molecule has 180 valence electrons. The minimum absolute atomic E-state index is 0.0473. The third-order valence-electron chi connectivity index (χ3n) is 6.36. The van der Waals surface area contributed by atoms with E-state index in [2.05, 4.69) is 21.2 Å². The number of nitrogens with zero attached hydrogens (tertiary/aromatic N) is 3. The number of ether oxygens (including phenoxy) is 2. The van der Waals surface area contributed by atoms with E-state index in [1.54, 1.807) is 4.57 Å². The zero-order chi connectivity index (χ0) is 23.4. The lowest BCUT2D eigenvalue weighted by Gasteiger charge is -2.24. The van der Waals surface area contributed by atoms with Crippen molar-refractivity contribution in [3.05, 3.63) is 56.7 Å². The van der Waals surface area contributed by atoms with Gasteiger partial charge in [-0.25, -0.2) is 4.79 Å². The maximum absolute atomic E-state index is 13.6. The van der Waals surface area contributed by atoms with E-state index in [1.807, 2.05) is 49.1 Å². The topological polar surface area (TPSA) is 77.7 Å². The van der Waals surface area contributed by atoms with Gasteiger partial charge in [-0.3, -0.25) is 13.9 Å². The van der Waals surface area contributed by atoms with E-state index >= 15 is 0 Å². The third kappa shape index (κ3) is 5.20. The van der Waals surface area contributed by atoms with Crippen molar-refractivity contribution in [2.75, 3.05) is 23.4 Å². The average Bonchev–Trinajstić information content (AvgIpc) is 3.15. The molecular weight excluding hydrogens is 488 g/mol. The lowest BCUT2D eigenvalue weighted by Crippen LogP contribution is -2.43. The van der Waals surface area contributed by atoms with Gasteiger partial charge in [0.15, 0.2) is 11.4 Å². The molecule has 1 aromatic heterocycles. The first-order valence-corrected chi connectivity index (χ1v) is 12.8. The predicted molar refractivity (Wildman–Crippen MR) is 133 cm³/mol. The number of anilines is 2. The zero-order valence-corrected chi connectivity index (χ0v) is 20.9. The Balaban J connectivity index is 1.62. The van der Waals surface area contributed by atoms with Gasteiger partial charge in [0, 0.05) is 25.7 Å². The number of hydrogen-bond donors (Lipinski definition) is 1. The molecule has 4 rings (SSSR count). The van der Waals surface area contributed by atoms with Crippen LogP contribution in [0.5, 0.6) is 0 Å². The molecule has 1 fully saturated rings. The van der Waals surface area contributed by atoms with Crippen LogP contribution in [0.15, 0.2) is 39.9 Å². The van der Waals surface area contributed by atoms with Gasteiger partial charge in [-0.05, 0) is 60.5 Å². The maximum Gasteiger partial charge on any atom is 0.332 e. The van der Waals surface area contributed by atoms with Crippen LogP contribution < -0.4 is 21.5 Å². The smallest absolute Gasteiger partial charge is 0.332 e. The van der Waals surface area contributed by atoms with E-state index in [9.17, 15) is 9.59 Å². The van der Waals surface area contributed by atoms with Crippen molar-refractivity contribution in [3.63, 3.8) is 0 Å². The van der Waals surface area contributed by atoms with Crippen molar-refractivity contribution >= 4 is 27.4 Å². The molecule has 33 heavy (non-hydrogen) atoms. The number of rotatable bonds is 9. The SMILES string of the molecule is CCC(C)n1c2c(c(=O)n(CCCOC3CCCCO3)c1=O)N(Cc1ccccc1)C(Br)N2. The number of aromatic nitrogens is 2. The van der Waals surface area contributed by atoms with Gasteiger partial charge in [0.05, 0.1) is 6.61 Å². The van der Waals surface area contributed by atoms with Crippen LogP contribution in [0.4, 0.5) is 11.5 Å². The van der Waals surface area contributed by atoms with Crippen LogP contribution in [0.2, 0.25) is 0 Å². The van der Waals surface area contributed by atoms with Gasteiger partial charge >= 0.3 is 5.69 Å². The Morgan fingerprint density at radius 2 is 2.03 bits per heavy atom. The molecule has 0 aliphatic carbocycles. The fourth-order valence-corrected chi connectivity index (χ4v) is 4.93. The summed E-state index contributed by atoms with van der Waals surface area (Å²) in [5.74, 6) is 0.584. The van der Waals surface area contributed by atoms with Crippen molar-refractivity contribution < 1.29 is 9.47 Å². The van der Waals surface area contributed by atoms with Gasteiger partial charge in [0.1, 0.15) is 11.5 Å². The molecule has 9 heteroatoms. The summed E-state index contributed by atoms with van der Waals surface area (Å²) in [5.41, 5.74) is 1.06. The van der Waals surface area contributed by atoms with E-state index < -0.39 is 0 Å². The van der Waals surface area contributed by atoms with Crippen molar-refractivity contribution in [1.29, 1.82) is 0 Å². The number of nitrogens with one attached hydrogen (secondary N) is 1. The lowest BCUT2D eigenvalue weighted by atomic mass is 10.2. The van der Waals surface area contributed by atoms with Crippen molar-refractivity contribution in [2.24, 2.45) is 0 Å². The normalized spacial score (nSPS) is 21.0. The molecular formula is C24H33BrN4O4. The minimum Gasteiger partial charge on any atom is -0.353 e. The number of benzene rings is 1. The molecule has 0 saturated carbocycles. The van der Waals surface area contributed by atoms with Gasteiger partial charge in [-0.1, -0.05) is 37.3 Å². The summed E-state index contributed by atoms with van der Waals surface area (Å²) in [6, 6.07) is 9.96. The Hall–Kier alpha value is -2.10. The quantitative estimate of drug-likeness (QED) is 0.305. The number of hydrogen-bond acceptors (Lipinski definition) is 6. The molecule has 1 N–H and O–H groups in total. The lowest BCUT2D eigenvalue weighted by molar-refractivity contribution is -0.163. The van der Waals surface area contributed by atoms with Crippen LogP contribution in [-0.2, 0) is 22.6 Å². The minimum atomic E-state index is -0.282. The van der Waals surface area contributed by atoms with Crippen LogP contribution in [0.25, 0.3) is 0 Å². The van der Waals surface area contributed by atoms with Crippen molar-refractivity contribution in [1.82, 2.24) is 9.13 Å². The number of fused-ring (bicyclic) bond motifs is 1. The van der Waals surface area contributed by atoms with Crippen molar-refractivity contribution in [3.8, 4) is 0 Å². The highest BCUT2D eigenvalue weighted by Gasteiger charge is 2.35. The Bertz CT molecular complexity index is 1050. The number of halogens is 1. The fourth-order valence-electron chi connectivity index (χ4n) is 4.36. The van der Waals surface area contributed by atoms with Gasteiger partial charge in [0.25, 0.3) is 5.56 Å². The molecule has 3 atom stereocenters. The Labute approximate surface area is 202 Å². The molecule has 0 spiro atoms. The molecule has 3 heterocycles. The second-order valence-electron chi connectivity index (χ2n) is 8.68. The van der Waals surface area contributed by atoms with Gasteiger partial charge < -0.3 is 19.7 Å². The Kier molecular flexibility index (Phi) is 7.93. The van der Waals surface area contributed by atoms with Gasteiger partial charge in [-0.2, -0.15) is 0 Å². The summed E-state index contributed by atoms with van der Waals surface area (Å²) in [5, 5.41) is 3.04. The standard InChI is InChI=1S/C24H33BrN4O4/c1-3-17(2)29-21-20(28(23(25)26-21)16-18-10-5-4-6-11-18)22(30)27(24(29)31)13-9-15-33-19-12-7-8-14-32-19/h4-6,10-11,17,19,23,26H,3,7-9,12-16H2,1-2H3. The first kappa shape index (κ1) is 24.0. The second kappa shape index (κ2) is 10.9.